The van der Waals surface area contributed by atoms with E-state index in [1.165, 1.54) is 30.0 Å². The van der Waals surface area contributed by atoms with E-state index >= 15 is 0 Å². The van der Waals surface area contributed by atoms with E-state index in [9.17, 15) is 14.0 Å². The first kappa shape index (κ1) is 17.6. The Kier molecular flexibility index (Phi) is 4.45. The van der Waals surface area contributed by atoms with E-state index in [-0.39, 0.29) is 17.5 Å². The highest BCUT2D eigenvalue weighted by Gasteiger charge is 2.20. The van der Waals surface area contributed by atoms with Gasteiger partial charge in [-0.2, -0.15) is 10.1 Å². The summed E-state index contributed by atoms with van der Waals surface area (Å²) in [4.78, 5) is 29.0. The maximum absolute atomic E-state index is 12.9. The van der Waals surface area contributed by atoms with Crippen LogP contribution in [0, 0.1) is 5.82 Å². The van der Waals surface area contributed by atoms with Crippen LogP contribution in [0.25, 0.3) is 11.2 Å². The number of rotatable bonds is 4. The highest BCUT2D eigenvalue weighted by atomic mass is 19.1. The van der Waals surface area contributed by atoms with Gasteiger partial charge < -0.3 is 4.57 Å². The van der Waals surface area contributed by atoms with Crippen molar-refractivity contribution in [1.82, 2.24) is 18.7 Å². The minimum Gasteiger partial charge on any atom is -0.300 e. The molecule has 0 atom stereocenters. The van der Waals surface area contributed by atoms with Crippen LogP contribution in [0.15, 0.2) is 39.0 Å². The van der Waals surface area contributed by atoms with Crippen LogP contribution >= 0.6 is 0 Å². The molecule has 1 N–H and O–H groups in total. The molecule has 0 spiro atoms. The van der Waals surface area contributed by atoms with E-state index in [4.69, 9.17) is 0 Å². The van der Waals surface area contributed by atoms with E-state index in [1.807, 2.05) is 13.8 Å². The van der Waals surface area contributed by atoms with Crippen molar-refractivity contribution in [2.45, 2.75) is 19.9 Å². The number of benzene rings is 1. The minimum absolute atomic E-state index is 0.0891. The Balaban J connectivity index is 2.08. The summed E-state index contributed by atoms with van der Waals surface area (Å²) in [6.07, 6.45) is 1.51. The molecular weight excluding hydrogens is 339 g/mol. The van der Waals surface area contributed by atoms with Crippen molar-refractivity contribution in [3.05, 3.63) is 56.5 Å². The molecule has 2 heterocycles. The second-order valence-corrected chi connectivity index (χ2v) is 6.20. The Morgan fingerprint density at radius 3 is 2.42 bits per heavy atom. The summed E-state index contributed by atoms with van der Waals surface area (Å²) in [5.41, 5.74) is 3.25. The topological polar surface area (TPSA) is 86.2 Å². The molecule has 0 aliphatic carbocycles. The second-order valence-electron chi connectivity index (χ2n) is 6.20. The molecule has 0 amide bonds. The first-order chi connectivity index (χ1) is 12.3. The average molecular weight is 358 g/mol. The van der Waals surface area contributed by atoms with Crippen LogP contribution in [-0.2, 0) is 14.1 Å². The maximum Gasteiger partial charge on any atom is 0.332 e. The van der Waals surface area contributed by atoms with Crippen molar-refractivity contribution < 1.29 is 4.39 Å². The van der Waals surface area contributed by atoms with Crippen LogP contribution < -0.4 is 16.7 Å². The number of hydrogen-bond donors (Lipinski definition) is 1. The monoisotopic (exact) mass is 358 g/mol. The Morgan fingerprint density at radius 2 is 1.81 bits per heavy atom. The number of nitrogens with one attached hydrogen (secondary N) is 1. The van der Waals surface area contributed by atoms with Crippen LogP contribution in [0.1, 0.15) is 25.5 Å². The highest BCUT2D eigenvalue weighted by Crippen LogP contribution is 2.20. The number of halogens is 1. The van der Waals surface area contributed by atoms with Gasteiger partial charge in [0.1, 0.15) is 5.82 Å². The molecule has 136 valence electrons. The molecule has 0 aliphatic rings. The average Bonchev–Trinajstić information content (AvgIpc) is 3.00. The van der Waals surface area contributed by atoms with Gasteiger partial charge in [-0.1, -0.05) is 12.1 Å². The Hall–Kier alpha value is -3.23. The molecule has 0 saturated carbocycles. The lowest BCUT2D eigenvalue weighted by Crippen LogP contribution is -2.37. The second kappa shape index (κ2) is 6.58. The normalized spacial score (nSPS) is 11.8. The summed E-state index contributed by atoms with van der Waals surface area (Å²) < 4.78 is 17.0. The Labute approximate surface area is 148 Å². The largest absolute Gasteiger partial charge is 0.332 e. The van der Waals surface area contributed by atoms with E-state index in [0.29, 0.717) is 17.0 Å². The number of anilines is 1. The minimum atomic E-state index is -0.447. The van der Waals surface area contributed by atoms with Crippen molar-refractivity contribution in [3.63, 3.8) is 0 Å². The summed E-state index contributed by atoms with van der Waals surface area (Å²) in [6, 6.07) is 5.76. The Bertz CT molecular complexity index is 1110. The van der Waals surface area contributed by atoms with Gasteiger partial charge in [-0.3, -0.25) is 13.9 Å². The number of nitrogens with zero attached hydrogens (tertiary/aromatic N) is 5. The number of aryl methyl sites for hydroxylation is 1. The quantitative estimate of drug-likeness (QED) is 0.567. The number of fused-ring (bicyclic) bond motifs is 1. The standard InChI is InChI=1S/C17H19FN6O2/c1-10(2)24-13-14(22(3)17(26)23(4)15(13)25)20-16(24)21-19-9-11-5-7-12(18)8-6-11/h5-10H,1-4H3,(H,20,21). The van der Waals surface area contributed by atoms with E-state index < -0.39 is 11.2 Å². The molecule has 3 rings (SSSR count). The zero-order valence-corrected chi connectivity index (χ0v) is 14.9. The molecule has 26 heavy (non-hydrogen) atoms. The van der Waals surface area contributed by atoms with Gasteiger partial charge in [-0.25, -0.2) is 14.6 Å². The predicted molar refractivity (Wildman–Crippen MR) is 98.2 cm³/mol. The summed E-state index contributed by atoms with van der Waals surface area (Å²) in [6.45, 7) is 3.81. The van der Waals surface area contributed by atoms with E-state index in [1.54, 1.807) is 23.7 Å². The zero-order chi connectivity index (χ0) is 19.0. The van der Waals surface area contributed by atoms with Gasteiger partial charge in [0.2, 0.25) is 5.95 Å². The summed E-state index contributed by atoms with van der Waals surface area (Å²) in [7, 11) is 2.99. The molecule has 0 unspecified atom stereocenters. The highest BCUT2D eigenvalue weighted by molar-refractivity contribution is 5.80. The van der Waals surface area contributed by atoms with Crippen LogP contribution in [0.3, 0.4) is 0 Å². The van der Waals surface area contributed by atoms with Crippen molar-refractivity contribution in [1.29, 1.82) is 0 Å². The van der Waals surface area contributed by atoms with Gasteiger partial charge in [0, 0.05) is 20.1 Å². The molecular formula is C17H19FN6O2. The van der Waals surface area contributed by atoms with Crippen molar-refractivity contribution in [2.24, 2.45) is 19.2 Å². The lowest BCUT2D eigenvalue weighted by Gasteiger charge is -2.12. The lowest BCUT2D eigenvalue weighted by molar-refractivity contribution is 0.615. The summed E-state index contributed by atoms with van der Waals surface area (Å²) >= 11 is 0. The van der Waals surface area contributed by atoms with Gasteiger partial charge in [0.05, 0.1) is 6.21 Å². The van der Waals surface area contributed by atoms with Crippen molar-refractivity contribution in [3.8, 4) is 0 Å². The molecule has 9 heteroatoms. The fraction of sp³-hybridized carbons (Fsp3) is 0.294. The number of hydrogen-bond acceptors (Lipinski definition) is 5. The molecule has 0 bridgehead atoms. The van der Waals surface area contributed by atoms with E-state index in [0.717, 1.165) is 4.57 Å². The van der Waals surface area contributed by atoms with Crippen LogP contribution in [0.5, 0.6) is 0 Å². The molecule has 2 aromatic heterocycles. The smallest absolute Gasteiger partial charge is 0.300 e. The van der Waals surface area contributed by atoms with E-state index in [2.05, 4.69) is 15.5 Å². The van der Waals surface area contributed by atoms with Crippen molar-refractivity contribution >= 4 is 23.3 Å². The summed E-state index contributed by atoms with van der Waals surface area (Å²) in [5, 5.41) is 4.11. The van der Waals surface area contributed by atoms with Crippen LogP contribution in [0.4, 0.5) is 10.3 Å². The van der Waals surface area contributed by atoms with Crippen molar-refractivity contribution in [2.75, 3.05) is 5.43 Å². The Morgan fingerprint density at radius 1 is 1.15 bits per heavy atom. The molecule has 0 fully saturated rings. The third-order valence-electron chi connectivity index (χ3n) is 4.06. The van der Waals surface area contributed by atoms with Crippen LogP contribution in [-0.4, -0.2) is 24.9 Å². The third kappa shape index (κ3) is 2.92. The first-order valence-electron chi connectivity index (χ1n) is 8.04. The fourth-order valence-corrected chi connectivity index (χ4v) is 2.71. The number of aromatic nitrogens is 4. The van der Waals surface area contributed by atoms with Gasteiger partial charge in [0.15, 0.2) is 11.2 Å². The van der Waals surface area contributed by atoms with Gasteiger partial charge in [0.25, 0.3) is 5.56 Å². The van der Waals surface area contributed by atoms with Crippen LogP contribution in [0.2, 0.25) is 0 Å². The first-order valence-corrected chi connectivity index (χ1v) is 8.04. The maximum atomic E-state index is 12.9. The zero-order valence-electron chi connectivity index (χ0n) is 14.9. The SMILES string of the molecule is CC(C)n1c(NN=Cc2ccc(F)cc2)nc2c1c(=O)n(C)c(=O)n2C. The summed E-state index contributed by atoms with van der Waals surface area (Å²) in [5.74, 6) is 0.0140. The molecule has 8 nitrogen and oxygen atoms in total. The molecule has 1 aromatic carbocycles. The number of imidazole rings is 1. The third-order valence-corrected chi connectivity index (χ3v) is 4.06. The predicted octanol–water partition coefficient (Wildman–Crippen LogP) is 1.60. The van der Waals surface area contributed by atoms with Gasteiger partial charge in [-0.05, 0) is 31.5 Å². The molecule has 3 aromatic rings. The molecule has 0 aliphatic heterocycles. The van der Waals surface area contributed by atoms with Gasteiger partial charge >= 0.3 is 5.69 Å². The fourth-order valence-electron chi connectivity index (χ4n) is 2.71. The lowest BCUT2D eigenvalue weighted by atomic mass is 10.2. The number of hydrazone groups is 1. The molecule has 0 radical (unpaired) electrons. The molecule has 0 saturated heterocycles. The van der Waals surface area contributed by atoms with Gasteiger partial charge in [-0.15, -0.1) is 0 Å².